The Kier molecular flexibility index (Phi) is 4.57. The van der Waals surface area contributed by atoms with Crippen LogP contribution in [-0.2, 0) is 6.61 Å². The Balaban J connectivity index is 2.11. The number of rotatable bonds is 4. The SMILES string of the molecule is C[C@H](O)c1ccc(OCc2cccc(Cl)c2F)cc1F. The summed E-state index contributed by atoms with van der Waals surface area (Å²) in [4.78, 5) is 0. The van der Waals surface area contributed by atoms with Gasteiger partial charge < -0.3 is 9.84 Å². The van der Waals surface area contributed by atoms with Gasteiger partial charge in [0.25, 0.3) is 0 Å². The molecule has 0 fully saturated rings. The van der Waals surface area contributed by atoms with E-state index in [2.05, 4.69) is 0 Å². The maximum absolute atomic E-state index is 13.6. The molecule has 2 nitrogen and oxygen atoms in total. The molecule has 5 heteroatoms. The first-order valence-electron chi connectivity index (χ1n) is 6.02. The van der Waals surface area contributed by atoms with Gasteiger partial charge in [0, 0.05) is 17.2 Å². The van der Waals surface area contributed by atoms with Crippen LogP contribution in [0.1, 0.15) is 24.2 Å². The Morgan fingerprint density at radius 1 is 1.25 bits per heavy atom. The maximum Gasteiger partial charge on any atom is 0.148 e. The van der Waals surface area contributed by atoms with Crippen LogP contribution in [0.25, 0.3) is 0 Å². The molecule has 0 heterocycles. The van der Waals surface area contributed by atoms with Crippen LogP contribution in [0, 0.1) is 11.6 Å². The van der Waals surface area contributed by atoms with E-state index in [4.69, 9.17) is 16.3 Å². The lowest BCUT2D eigenvalue weighted by Crippen LogP contribution is -2.01. The van der Waals surface area contributed by atoms with Crippen LogP contribution in [0.15, 0.2) is 36.4 Å². The molecule has 0 bridgehead atoms. The van der Waals surface area contributed by atoms with Crippen molar-refractivity contribution in [2.75, 3.05) is 0 Å². The Bertz CT molecular complexity index is 615. The molecule has 106 valence electrons. The summed E-state index contributed by atoms with van der Waals surface area (Å²) in [7, 11) is 0. The van der Waals surface area contributed by atoms with Crippen LogP contribution in [0.5, 0.6) is 5.75 Å². The second-order valence-corrected chi connectivity index (χ2v) is 4.77. The number of aliphatic hydroxyl groups is 1. The highest BCUT2D eigenvalue weighted by atomic mass is 35.5. The van der Waals surface area contributed by atoms with E-state index in [-0.39, 0.29) is 28.5 Å². The minimum atomic E-state index is -0.894. The van der Waals surface area contributed by atoms with E-state index in [1.807, 2.05) is 0 Å². The third kappa shape index (κ3) is 3.26. The van der Waals surface area contributed by atoms with Crippen LogP contribution >= 0.6 is 11.6 Å². The molecular weight excluding hydrogens is 286 g/mol. The number of aliphatic hydroxyl groups excluding tert-OH is 1. The van der Waals surface area contributed by atoms with Gasteiger partial charge in [0.2, 0.25) is 0 Å². The number of hydrogen-bond acceptors (Lipinski definition) is 2. The van der Waals surface area contributed by atoms with Crippen molar-refractivity contribution >= 4 is 11.6 Å². The van der Waals surface area contributed by atoms with Crippen molar-refractivity contribution in [3.8, 4) is 5.75 Å². The largest absolute Gasteiger partial charge is 0.489 e. The lowest BCUT2D eigenvalue weighted by atomic mass is 10.1. The summed E-state index contributed by atoms with van der Waals surface area (Å²) in [6, 6.07) is 8.71. The van der Waals surface area contributed by atoms with Gasteiger partial charge in [0.15, 0.2) is 0 Å². The molecule has 0 unspecified atom stereocenters. The van der Waals surface area contributed by atoms with Crippen molar-refractivity contribution in [3.63, 3.8) is 0 Å². The first-order chi connectivity index (χ1) is 9.49. The van der Waals surface area contributed by atoms with Crippen LogP contribution in [0.3, 0.4) is 0 Å². The summed E-state index contributed by atoms with van der Waals surface area (Å²) >= 11 is 5.66. The highest BCUT2D eigenvalue weighted by molar-refractivity contribution is 6.30. The Morgan fingerprint density at radius 3 is 2.65 bits per heavy atom. The monoisotopic (exact) mass is 298 g/mol. The number of hydrogen-bond donors (Lipinski definition) is 1. The molecular formula is C15H13ClF2O2. The fraction of sp³-hybridized carbons (Fsp3) is 0.200. The van der Waals surface area contributed by atoms with Crippen molar-refractivity contribution < 1.29 is 18.6 Å². The fourth-order valence-corrected chi connectivity index (χ4v) is 1.95. The molecule has 1 atom stereocenters. The normalized spacial score (nSPS) is 12.2. The molecule has 0 aromatic heterocycles. The van der Waals surface area contributed by atoms with Crippen molar-refractivity contribution in [3.05, 3.63) is 64.2 Å². The number of ether oxygens (including phenoxy) is 1. The van der Waals surface area contributed by atoms with Crippen molar-refractivity contribution in [1.29, 1.82) is 0 Å². The van der Waals surface area contributed by atoms with Crippen LogP contribution in [0.2, 0.25) is 5.02 Å². The van der Waals surface area contributed by atoms with Gasteiger partial charge in [0.1, 0.15) is 24.0 Å². The molecule has 0 aliphatic rings. The number of benzene rings is 2. The molecule has 0 spiro atoms. The van der Waals surface area contributed by atoms with E-state index in [9.17, 15) is 13.9 Å². The molecule has 0 aliphatic heterocycles. The van der Waals surface area contributed by atoms with Gasteiger partial charge in [-0.1, -0.05) is 23.7 Å². The van der Waals surface area contributed by atoms with Gasteiger partial charge in [-0.3, -0.25) is 0 Å². The van der Waals surface area contributed by atoms with E-state index in [1.165, 1.54) is 25.1 Å². The molecule has 20 heavy (non-hydrogen) atoms. The highest BCUT2D eigenvalue weighted by Gasteiger charge is 2.10. The first-order valence-corrected chi connectivity index (χ1v) is 6.40. The van der Waals surface area contributed by atoms with Crippen LogP contribution in [0.4, 0.5) is 8.78 Å². The molecule has 2 aromatic carbocycles. The molecule has 1 N–H and O–H groups in total. The lowest BCUT2D eigenvalue weighted by Gasteiger charge is -2.10. The quantitative estimate of drug-likeness (QED) is 0.914. The highest BCUT2D eigenvalue weighted by Crippen LogP contribution is 2.23. The van der Waals surface area contributed by atoms with Crippen molar-refractivity contribution in [1.82, 2.24) is 0 Å². The topological polar surface area (TPSA) is 29.5 Å². The Morgan fingerprint density at radius 2 is 2.00 bits per heavy atom. The van der Waals surface area contributed by atoms with E-state index >= 15 is 0 Å². The van der Waals surface area contributed by atoms with Crippen molar-refractivity contribution in [2.24, 2.45) is 0 Å². The van der Waals surface area contributed by atoms with Gasteiger partial charge in [-0.05, 0) is 25.1 Å². The van der Waals surface area contributed by atoms with E-state index in [0.29, 0.717) is 0 Å². The summed E-state index contributed by atoms with van der Waals surface area (Å²) in [6.45, 7) is 1.42. The molecule has 2 rings (SSSR count). The van der Waals surface area contributed by atoms with E-state index in [1.54, 1.807) is 12.1 Å². The zero-order chi connectivity index (χ0) is 14.7. The van der Waals surface area contributed by atoms with Gasteiger partial charge in [0.05, 0.1) is 11.1 Å². The third-order valence-corrected chi connectivity index (χ3v) is 3.14. The van der Waals surface area contributed by atoms with Gasteiger partial charge in [-0.2, -0.15) is 0 Å². The molecule has 0 saturated heterocycles. The van der Waals surface area contributed by atoms with Gasteiger partial charge >= 0.3 is 0 Å². The Labute approximate surface area is 120 Å². The third-order valence-electron chi connectivity index (χ3n) is 2.85. The smallest absolute Gasteiger partial charge is 0.148 e. The zero-order valence-electron chi connectivity index (χ0n) is 10.7. The summed E-state index contributed by atoms with van der Waals surface area (Å²) in [5, 5.41) is 9.34. The Hall–Kier alpha value is -1.65. The minimum Gasteiger partial charge on any atom is -0.489 e. The van der Waals surface area contributed by atoms with Gasteiger partial charge in [-0.25, -0.2) is 8.78 Å². The van der Waals surface area contributed by atoms with Crippen LogP contribution < -0.4 is 4.74 Å². The summed E-state index contributed by atoms with van der Waals surface area (Å²) in [5.41, 5.74) is 0.476. The predicted octanol–water partition coefficient (Wildman–Crippen LogP) is 4.25. The summed E-state index contributed by atoms with van der Waals surface area (Å²) < 4.78 is 32.6. The summed E-state index contributed by atoms with van der Waals surface area (Å²) in [6.07, 6.45) is -0.894. The molecule has 0 aliphatic carbocycles. The second-order valence-electron chi connectivity index (χ2n) is 4.36. The van der Waals surface area contributed by atoms with Crippen LogP contribution in [-0.4, -0.2) is 5.11 Å². The average Bonchev–Trinajstić information content (AvgIpc) is 2.40. The molecule has 0 saturated carbocycles. The predicted molar refractivity (Wildman–Crippen MR) is 72.8 cm³/mol. The van der Waals surface area contributed by atoms with E-state index in [0.717, 1.165) is 6.07 Å². The van der Waals surface area contributed by atoms with Gasteiger partial charge in [-0.15, -0.1) is 0 Å². The van der Waals surface area contributed by atoms with Crippen molar-refractivity contribution in [2.45, 2.75) is 19.6 Å². The lowest BCUT2D eigenvalue weighted by molar-refractivity contribution is 0.194. The fourth-order valence-electron chi connectivity index (χ4n) is 1.76. The van der Waals surface area contributed by atoms with E-state index < -0.39 is 17.7 Å². The average molecular weight is 299 g/mol. The first kappa shape index (κ1) is 14.8. The molecule has 0 radical (unpaired) electrons. The molecule has 2 aromatic rings. The maximum atomic E-state index is 13.6. The number of halogens is 3. The second kappa shape index (κ2) is 6.20. The standard InChI is InChI=1S/C15H13ClF2O2/c1-9(19)12-6-5-11(7-14(12)17)20-8-10-3-2-4-13(16)15(10)18/h2-7,9,19H,8H2,1H3/t9-/m0/s1. The molecule has 0 amide bonds. The summed E-state index contributed by atoms with van der Waals surface area (Å²) in [5.74, 6) is -0.856. The zero-order valence-corrected chi connectivity index (χ0v) is 11.5. The minimum absolute atomic E-state index is 0.0155.